The monoisotopic (exact) mass is 285 g/mol. The van der Waals surface area contributed by atoms with Crippen molar-refractivity contribution in [3.63, 3.8) is 0 Å². The van der Waals surface area contributed by atoms with Crippen LogP contribution in [0.15, 0.2) is 23.1 Å². The average Bonchev–Trinajstić information content (AvgIpc) is 2.29. The van der Waals surface area contributed by atoms with Crippen LogP contribution in [0.3, 0.4) is 0 Å². The molecule has 0 fully saturated rings. The second kappa shape index (κ2) is 6.27. The first-order valence-electron chi connectivity index (χ1n) is 4.70. The first-order chi connectivity index (χ1) is 7.70. The molecule has 0 aromatic carbocycles. The molecule has 0 bridgehead atoms. The fraction of sp³-hybridized carbons (Fsp3) is 0.273. The SMILES string of the molecule is CCO/C=C/c1cncc(Br)c1C(=O)OC. The third kappa shape index (κ3) is 3.06. The van der Waals surface area contributed by atoms with Gasteiger partial charge in [0, 0.05) is 18.0 Å². The number of hydrogen-bond donors (Lipinski definition) is 0. The van der Waals surface area contributed by atoms with E-state index in [-0.39, 0.29) is 0 Å². The number of ether oxygens (including phenoxy) is 2. The van der Waals surface area contributed by atoms with Crippen molar-refractivity contribution in [3.8, 4) is 0 Å². The summed E-state index contributed by atoms with van der Waals surface area (Å²) in [4.78, 5) is 15.5. The number of esters is 1. The first kappa shape index (κ1) is 12.7. The topological polar surface area (TPSA) is 48.4 Å². The van der Waals surface area contributed by atoms with Crippen LogP contribution in [0.2, 0.25) is 0 Å². The lowest BCUT2D eigenvalue weighted by atomic mass is 10.1. The van der Waals surface area contributed by atoms with E-state index in [0.29, 0.717) is 22.2 Å². The van der Waals surface area contributed by atoms with Gasteiger partial charge >= 0.3 is 5.97 Å². The van der Waals surface area contributed by atoms with Gasteiger partial charge in [-0.15, -0.1) is 0 Å². The Bertz CT molecular complexity index is 404. The smallest absolute Gasteiger partial charge is 0.339 e. The Balaban J connectivity index is 3.08. The van der Waals surface area contributed by atoms with E-state index in [4.69, 9.17) is 9.47 Å². The van der Waals surface area contributed by atoms with Crippen LogP contribution in [0.1, 0.15) is 22.8 Å². The van der Waals surface area contributed by atoms with E-state index in [2.05, 4.69) is 20.9 Å². The molecule has 5 heteroatoms. The maximum absolute atomic E-state index is 11.5. The third-order valence-corrected chi connectivity index (χ3v) is 2.43. The summed E-state index contributed by atoms with van der Waals surface area (Å²) in [5.41, 5.74) is 1.09. The van der Waals surface area contributed by atoms with E-state index in [0.717, 1.165) is 0 Å². The maximum Gasteiger partial charge on any atom is 0.339 e. The van der Waals surface area contributed by atoms with Crippen molar-refractivity contribution < 1.29 is 14.3 Å². The summed E-state index contributed by atoms with van der Waals surface area (Å²) in [7, 11) is 1.34. The molecule has 86 valence electrons. The number of aromatic nitrogens is 1. The van der Waals surface area contributed by atoms with E-state index in [1.165, 1.54) is 13.4 Å². The predicted octanol–water partition coefficient (Wildman–Crippen LogP) is 2.64. The minimum Gasteiger partial charge on any atom is -0.501 e. The van der Waals surface area contributed by atoms with Gasteiger partial charge in [0.2, 0.25) is 0 Å². The van der Waals surface area contributed by atoms with E-state index >= 15 is 0 Å². The molecule has 1 rings (SSSR count). The lowest BCUT2D eigenvalue weighted by molar-refractivity contribution is 0.0599. The zero-order chi connectivity index (χ0) is 12.0. The summed E-state index contributed by atoms with van der Waals surface area (Å²) in [6.45, 7) is 2.45. The number of methoxy groups -OCH3 is 1. The second-order valence-electron chi connectivity index (χ2n) is 2.84. The number of halogens is 1. The second-order valence-corrected chi connectivity index (χ2v) is 3.69. The Morgan fingerprint density at radius 3 is 2.94 bits per heavy atom. The molecule has 0 unspecified atom stereocenters. The molecule has 4 nitrogen and oxygen atoms in total. The van der Waals surface area contributed by atoms with Crippen LogP contribution in [-0.4, -0.2) is 24.7 Å². The van der Waals surface area contributed by atoms with Crippen LogP contribution in [0.5, 0.6) is 0 Å². The van der Waals surface area contributed by atoms with Crippen LogP contribution in [0.4, 0.5) is 0 Å². The molecule has 0 saturated carbocycles. The van der Waals surface area contributed by atoms with Gasteiger partial charge in [-0.1, -0.05) is 0 Å². The van der Waals surface area contributed by atoms with Crippen molar-refractivity contribution >= 4 is 28.0 Å². The lowest BCUT2D eigenvalue weighted by Gasteiger charge is -2.05. The minimum atomic E-state index is -0.412. The standard InChI is InChI=1S/C11H12BrNO3/c1-3-16-5-4-8-6-13-7-9(12)10(8)11(14)15-2/h4-7H,3H2,1-2H3/b5-4+. The maximum atomic E-state index is 11.5. The summed E-state index contributed by atoms with van der Waals surface area (Å²) >= 11 is 3.26. The molecule has 1 aromatic heterocycles. The molecule has 0 aliphatic carbocycles. The van der Waals surface area contributed by atoms with Gasteiger partial charge in [0.05, 0.1) is 30.0 Å². The number of hydrogen-bond acceptors (Lipinski definition) is 4. The highest BCUT2D eigenvalue weighted by molar-refractivity contribution is 9.10. The largest absolute Gasteiger partial charge is 0.501 e. The van der Waals surface area contributed by atoms with Crippen LogP contribution >= 0.6 is 15.9 Å². The van der Waals surface area contributed by atoms with Gasteiger partial charge in [0.1, 0.15) is 0 Å². The molecule has 0 spiro atoms. The summed E-state index contributed by atoms with van der Waals surface area (Å²) < 4.78 is 10.4. The quantitative estimate of drug-likeness (QED) is 0.630. The molecular weight excluding hydrogens is 274 g/mol. The Kier molecular flexibility index (Phi) is 4.98. The summed E-state index contributed by atoms with van der Waals surface area (Å²) in [5.74, 6) is -0.412. The van der Waals surface area contributed by atoms with Crippen molar-refractivity contribution in [2.45, 2.75) is 6.92 Å². The molecule has 1 aromatic rings. The van der Waals surface area contributed by atoms with Gasteiger partial charge in [-0.05, 0) is 28.9 Å². The molecule has 0 saturated heterocycles. The summed E-state index contributed by atoms with van der Waals surface area (Å²) in [6.07, 6.45) is 6.32. The van der Waals surface area contributed by atoms with Crippen molar-refractivity contribution in [1.82, 2.24) is 4.98 Å². The fourth-order valence-electron chi connectivity index (χ4n) is 1.11. The number of carbonyl (C=O) groups is 1. The van der Waals surface area contributed by atoms with Crippen molar-refractivity contribution in [2.75, 3.05) is 13.7 Å². The zero-order valence-electron chi connectivity index (χ0n) is 9.07. The van der Waals surface area contributed by atoms with Gasteiger partial charge in [0.15, 0.2) is 0 Å². The highest BCUT2D eigenvalue weighted by Crippen LogP contribution is 2.21. The van der Waals surface area contributed by atoms with Gasteiger partial charge in [-0.25, -0.2) is 4.79 Å². The average molecular weight is 286 g/mol. The summed E-state index contributed by atoms with van der Waals surface area (Å²) in [5, 5.41) is 0. The normalized spacial score (nSPS) is 10.4. The van der Waals surface area contributed by atoms with Gasteiger partial charge in [0.25, 0.3) is 0 Å². The molecule has 1 heterocycles. The van der Waals surface area contributed by atoms with Gasteiger partial charge < -0.3 is 9.47 Å². The van der Waals surface area contributed by atoms with Gasteiger partial charge in [-0.2, -0.15) is 0 Å². The van der Waals surface area contributed by atoms with E-state index in [1.54, 1.807) is 18.5 Å². The molecular formula is C11H12BrNO3. The highest BCUT2D eigenvalue weighted by atomic mass is 79.9. The molecule has 0 aliphatic heterocycles. The lowest BCUT2D eigenvalue weighted by Crippen LogP contribution is -2.05. The van der Waals surface area contributed by atoms with Crippen LogP contribution < -0.4 is 0 Å². The number of pyridine rings is 1. The highest BCUT2D eigenvalue weighted by Gasteiger charge is 2.14. The molecule has 16 heavy (non-hydrogen) atoms. The van der Waals surface area contributed by atoms with E-state index in [9.17, 15) is 4.79 Å². The minimum absolute atomic E-state index is 0.412. The first-order valence-corrected chi connectivity index (χ1v) is 5.50. The Morgan fingerprint density at radius 1 is 1.56 bits per heavy atom. The molecule has 0 N–H and O–H groups in total. The van der Waals surface area contributed by atoms with E-state index < -0.39 is 5.97 Å². The number of nitrogens with zero attached hydrogens (tertiary/aromatic N) is 1. The third-order valence-electron chi connectivity index (χ3n) is 1.83. The molecule has 0 atom stereocenters. The Labute approximate surface area is 102 Å². The van der Waals surface area contributed by atoms with E-state index in [1.807, 2.05) is 6.92 Å². The summed E-state index contributed by atoms with van der Waals surface area (Å²) in [6, 6.07) is 0. The van der Waals surface area contributed by atoms with Crippen molar-refractivity contribution in [1.29, 1.82) is 0 Å². The molecule has 0 aliphatic rings. The van der Waals surface area contributed by atoms with Crippen LogP contribution in [0, 0.1) is 0 Å². The van der Waals surface area contributed by atoms with Crippen molar-refractivity contribution in [2.24, 2.45) is 0 Å². The molecule has 0 amide bonds. The Morgan fingerprint density at radius 2 is 2.31 bits per heavy atom. The van der Waals surface area contributed by atoms with Gasteiger partial charge in [-0.3, -0.25) is 4.98 Å². The van der Waals surface area contributed by atoms with Crippen LogP contribution in [0.25, 0.3) is 6.08 Å². The number of rotatable bonds is 4. The number of carbonyl (C=O) groups excluding carboxylic acids is 1. The zero-order valence-corrected chi connectivity index (χ0v) is 10.7. The Hall–Kier alpha value is -1.36. The van der Waals surface area contributed by atoms with Crippen molar-refractivity contribution in [3.05, 3.63) is 34.3 Å². The molecule has 0 radical (unpaired) electrons. The van der Waals surface area contributed by atoms with Crippen LogP contribution in [-0.2, 0) is 9.47 Å². The fourth-order valence-corrected chi connectivity index (χ4v) is 1.62. The predicted molar refractivity (Wildman–Crippen MR) is 63.9 cm³/mol.